The number of nitrogens with zero attached hydrogens (tertiary/aromatic N) is 5. The number of amidine groups is 1. The normalized spacial score (nSPS) is 13.4. The van der Waals surface area contributed by atoms with Gasteiger partial charge < -0.3 is 11.1 Å². The van der Waals surface area contributed by atoms with E-state index in [1.54, 1.807) is 24.3 Å². The van der Waals surface area contributed by atoms with E-state index in [1.807, 2.05) is 26.8 Å². The molecule has 0 aliphatic rings. The highest BCUT2D eigenvalue weighted by molar-refractivity contribution is 5.94. The standard InChI is InChI=1S/C18H26FN7O/c1-18(2,3)26-24-16(23-25-26)14(10-7-11-21-15(20)12-19)22-17(27)13-8-5-4-6-9-13/h4-6,8-9,14H,7,10-12H2,1-3H3,(H2,20,21)(H,22,27)/t14-/m0/s1. The third kappa shape index (κ3) is 6.12. The Hall–Kier alpha value is -2.84. The third-order valence-electron chi connectivity index (χ3n) is 3.78. The van der Waals surface area contributed by atoms with Gasteiger partial charge in [-0.15, -0.1) is 10.2 Å². The summed E-state index contributed by atoms with van der Waals surface area (Å²) in [7, 11) is 0. The number of aliphatic imine (C=N–C) groups is 1. The molecule has 146 valence electrons. The molecule has 8 nitrogen and oxygen atoms in total. The van der Waals surface area contributed by atoms with E-state index in [0.717, 1.165) is 0 Å². The number of hydrogen-bond acceptors (Lipinski definition) is 5. The van der Waals surface area contributed by atoms with Gasteiger partial charge in [0, 0.05) is 12.1 Å². The molecular formula is C18H26FN7O. The Morgan fingerprint density at radius 3 is 2.63 bits per heavy atom. The Kier molecular flexibility index (Phi) is 6.98. The number of hydrogen-bond donors (Lipinski definition) is 2. The maximum absolute atomic E-state index is 12.5. The van der Waals surface area contributed by atoms with Gasteiger partial charge in [0.2, 0.25) is 0 Å². The summed E-state index contributed by atoms with van der Waals surface area (Å²) in [5, 5.41) is 15.6. The summed E-state index contributed by atoms with van der Waals surface area (Å²) in [4.78, 5) is 18.0. The van der Waals surface area contributed by atoms with Crippen molar-refractivity contribution in [3.63, 3.8) is 0 Å². The number of nitrogens with one attached hydrogen (secondary N) is 1. The maximum Gasteiger partial charge on any atom is 0.251 e. The molecule has 0 spiro atoms. The minimum Gasteiger partial charge on any atom is -0.385 e. The fourth-order valence-corrected chi connectivity index (χ4v) is 2.31. The molecule has 1 aromatic heterocycles. The van der Waals surface area contributed by atoms with Crippen LogP contribution in [0.1, 0.15) is 55.8 Å². The predicted molar refractivity (Wildman–Crippen MR) is 101 cm³/mol. The number of aromatic nitrogens is 4. The molecule has 1 atom stereocenters. The van der Waals surface area contributed by atoms with E-state index in [0.29, 0.717) is 30.8 Å². The number of alkyl halides is 1. The monoisotopic (exact) mass is 375 g/mol. The molecule has 0 bridgehead atoms. The molecule has 1 aromatic carbocycles. The van der Waals surface area contributed by atoms with Crippen molar-refractivity contribution in [2.45, 2.75) is 45.2 Å². The van der Waals surface area contributed by atoms with E-state index in [4.69, 9.17) is 5.73 Å². The zero-order valence-corrected chi connectivity index (χ0v) is 15.9. The number of carbonyl (C=O) groups excluding carboxylic acids is 1. The molecular weight excluding hydrogens is 349 g/mol. The topological polar surface area (TPSA) is 111 Å². The molecule has 0 saturated carbocycles. The highest BCUT2D eigenvalue weighted by Gasteiger charge is 2.23. The summed E-state index contributed by atoms with van der Waals surface area (Å²) in [6, 6.07) is 8.48. The Balaban J connectivity index is 2.12. The first-order valence-corrected chi connectivity index (χ1v) is 8.82. The van der Waals surface area contributed by atoms with Gasteiger partial charge in [-0.1, -0.05) is 18.2 Å². The van der Waals surface area contributed by atoms with Crippen LogP contribution in [0, 0.1) is 0 Å². The van der Waals surface area contributed by atoms with Gasteiger partial charge in [-0.05, 0) is 51.0 Å². The largest absolute Gasteiger partial charge is 0.385 e. The lowest BCUT2D eigenvalue weighted by Gasteiger charge is -2.17. The summed E-state index contributed by atoms with van der Waals surface area (Å²) in [6.45, 7) is 5.48. The second-order valence-corrected chi connectivity index (χ2v) is 7.15. The van der Waals surface area contributed by atoms with Crippen molar-refractivity contribution in [1.82, 2.24) is 25.5 Å². The van der Waals surface area contributed by atoms with Gasteiger partial charge in [0.1, 0.15) is 12.5 Å². The Labute approximate surface area is 158 Å². The lowest BCUT2D eigenvalue weighted by atomic mass is 10.1. The average molecular weight is 375 g/mol. The molecule has 0 fully saturated rings. The molecule has 1 heterocycles. The number of carbonyl (C=O) groups is 1. The second-order valence-electron chi connectivity index (χ2n) is 7.15. The van der Waals surface area contributed by atoms with Gasteiger partial charge in [0.05, 0.1) is 11.6 Å². The van der Waals surface area contributed by atoms with Gasteiger partial charge in [-0.3, -0.25) is 9.79 Å². The zero-order chi connectivity index (χ0) is 19.9. The minimum atomic E-state index is -0.768. The first kappa shape index (κ1) is 20.5. The van der Waals surface area contributed by atoms with Crippen molar-refractivity contribution in [3.8, 4) is 0 Å². The molecule has 0 aliphatic heterocycles. The van der Waals surface area contributed by atoms with Crippen LogP contribution < -0.4 is 11.1 Å². The maximum atomic E-state index is 12.5. The van der Waals surface area contributed by atoms with Crippen LogP contribution in [-0.4, -0.2) is 45.2 Å². The SMILES string of the molecule is CC(C)(C)n1nnc([C@H](CCCN=C(N)CF)NC(=O)c2ccccc2)n1. The van der Waals surface area contributed by atoms with Gasteiger partial charge in [-0.2, -0.15) is 4.80 Å². The van der Waals surface area contributed by atoms with E-state index in [2.05, 4.69) is 25.7 Å². The fraction of sp³-hybridized carbons (Fsp3) is 0.500. The number of benzene rings is 1. The second kappa shape index (κ2) is 9.20. The summed E-state index contributed by atoms with van der Waals surface area (Å²) in [5.74, 6) is 0.174. The highest BCUT2D eigenvalue weighted by Crippen LogP contribution is 2.17. The van der Waals surface area contributed by atoms with Crippen molar-refractivity contribution in [3.05, 3.63) is 41.7 Å². The number of nitrogens with two attached hydrogens (primary N) is 1. The van der Waals surface area contributed by atoms with E-state index in [1.165, 1.54) is 4.80 Å². The third-order valence-corrected chi connectivity index (χ3v) is 3.78. The summed E-state index contributed by atoms with van der Waals surface area (Å²) < 4.78 is 12.4. The van der Waals surface area contributed by atoms with Gasteiger partial charge in [0.25, 0.3) is 5.91 Å². The molecule has 0 aliphatic carbocycles. The van der Waals surface area contributed by atoms with Crippen LogP contribution in [0.15, 0.2) is 35.3 Å². The molecule has 3 N–H and O–H groups in total. The molecule has 27 heavy (non-hydrogen) atoms. The predicted octanol–water partition coefficient (Wildman–Crippen LogP) is 2.01. The van der Waals surface area contributed by atoms with Crippen LogP contribution in [0.2, 0.25) is 0 Å². The molecule has 2 rings (SSSR count). The van der Waals surface area contributed by atoms with Crippen molar-refractivity contribution in [2.75, 3.05) is 13.2 Å². The van der Waals surface area contributed by atoms with Crippen molar-refractivity contribution in [1.29, 1.82) is 0 Å². The van der Waals surface area contributed by atoms with Crippen LogP contribution in [0.25, 0.3) is 0 Å². The van der Waals surface area contributed by atoms with Gasteiger partial charge in [-0.25, -0.2) is 4.39 Å². The number of amides is 1. The summed E-state index contributed by atoms with van der Waals surface area (Å²) in [6.07, 6.45) is 1.11. The number of tetrazole rings is 1. The smallest absolute Gasteiger partial charge is 0.251 e. The van der Waals surface area contributed by atoms with Gasteiger partial charge in [0.15, 0.2) is 5.82 Å². The van der Waals surface area contributed by atoms with Gasteiger partial charge >= 0.3 is 0 Å². The molecule has 0 unspecified atom stereocenters. The van der Waals surface area contributed by atoms with Crippen LogP contribution in [0.5, 0.6) is 0 Å². The summed E-state index contributed by atoms with van der Waals surface area (Å²) in [5.41, 5.74) is 5.60. The van der Waals surface area contributed by atoms with Crippen LogP contribution >= 0.6 is 0 Å². The lowest BCUT2D eigenvalue weighted by molar-refractivity contribution is 0.0932. The van der Waals surface area contributed by atoms with E-state index >= 15 is 0 Å². The quantitative estimate of drug-likeness (QED) is 0.416. The van der Waals surface area contributed by atoms with E-state index in [9.17, 15) is 9.18 Å². The van der Waals surface area contributed by atoms with Crippen molar-refractivity contribution in [2.24, 2.45) is 10.7 Å². The molecule has 0 radical (unpaired) electrons. The van der Waals surface area contributed by atoms with Crippen LogP contribution in [-0.2, 0) is 5.54 Å². The van der Waals surface area contributed by atoms with Crippen LogP contribution in [0.4, 0.5) is 4.39 Å². The molecule has 1 amide bonds. The highest BCUT2D eigenvalue weighted by atomic mass is 19.1. The lowest BCUT2D eigenvalue weighted by Crippen LogP contribution is -2.30. The minimum absolute atomic E-state index is 0.0309. The first-order chi connectivity index (χ1) is 12.8. The van der Waals surface area contributed by atoms with Crippen molar-refractivity contribution >= 4 is 11.7 Å². The van der Waals surface area contributed by atoms with E-state index < -0.39 is 12.7 Å². The van der Waals surface area contributed by atoms with Crippen molar-refractivity contribution < 1.29 is 9.18 Å². The molecule has 2 aromatic rings. The molecule has 9 heteroatoms. The number of rotatable bonds is 8. The average Bonchev–Trinajstić information content (AvgIpc) is 3.15. The molecule has 0 saturated heterocycles. The van der Waals surface area contributed by atoms with E-state index in [-0.39, 0.29) is 17.3 Å². The zero-order valence-electron chi connectivity index (χ0n) is 15.9. The van der Waals surface area contributed by atoms with Crippen LogP contribution in [0.3, 0.4) is 0 Å². The Bertz CT molecular complexity index is 768. The Morgan fingerprint density at radius 2 is 2.04 bits per heavy atom. The number of halogens is 1. The fourth-order valence-electron chi connectivity index (χ4n) is 2.31. The first-order valence-electron chi connectivity index (χ1n) is 8.82. The summed E-state index contributed by atoms with van der Waals surface area (Å²) >= 11 is 0. The Morgan fingerprint density at radius 1 is 1.33 bits per heavy atom.